The van der Waals surface area contributed by atoms with Crippen molar-refractivity contribution in [1.29, 1.82) is 0 Å². The number of nitrogens with one attached hydrogen (secondary N) is 1. The van der Waals surface area contributed by atoms with Gasteiger partial charge in [-0.25, -0.2) is 0 Å². The van der Waals surface area contributed by atoms with Crippen molar-refractivity contribution in [3.8, 4) is 11.5 Å². The Morgan fingerprint density at radius 3 is 2.23 bits per heavy atom. The molecule has 1 fully saturated rings. The van der Waals surface area contributed by atoms with Gasteiger partial charge in [0.25, 0.3) is 11.8 Å². The van der Waals surface area contributed by atoms with Crippen LogP contribution < -0.4 is 15.0 Å². The molecule has 1 saturated heterocycles. The lowest BCUT2D eigenvalue weighted by molar-refractivity contribution is -0.122. The van der Waals surface area contributed by atoms with Crippen LogP contribution in [0.4, 0.5) is 5.69 Å². The van der Waals surface area contributed by atoms with E-state index in [9.17, 15) is 9.59 Å². The van der Waals surface area contributed by atoms with Gasteiger partial charge in [0.2, 0.25) is 0 Å². The zero-order valence-electron chi connectivity index (χ0n) is 15.8. The Morgan fingerprint density at radius 2 is 1.55 bits per heavy atom. The number of ether oxygens (including phenoxy) is 1. The van der Waals surface area contributed by atoms with Crippen LogP contribution >= 0.6 is 35.4 Å². The lowest BCUT2D eigenvalue weighted by Crippen LogP contribution is -2.54. The molecule has 0 aromatic heterocycles. The van der Waals surface area contributed by atoms with Crippen LogP contribution in [0.5, 0.6) is 11.5 Å². The van der Waals surface area contributed by atoms with E-state index in [2.05, 4.69) is 5.32 Å². The zero-order valence-corrected chi connectivity index (χ0v) is 18.2. The van der Waals surface area contributed by atoms with Gasteiger partial charge in [0.1, 0.15) is 17.1 Å². The van der Waals surface area contributed by atoms with Gasteiger partial charge < -0.3 is 4.74 Å². The highest BCUT2D eigenvalue weighted by molar-refractivity contribution is 7.80. The maximum atomic E-state index is 13.1. The lowest BCUT2D eigenvalue weighted by atomic mass is 10.1. The van der Waals surface area contributed by atoms with Gasteiger partial charge in [0.05, 0.1) is 15.7 Å². The van der Waals surface area contributed by atoms with Crippen molar-refractivity contribution in [2.45, 2.75) is 0 Å². The van der Waals surface area contributed by atoms with Crippen molar-refractivity contribution >= 4 is 64.1 Å². The molecule has 0 spiro atoms. The molecule has 154 valence electrons. The summed E-state index contributed by atoms with van der Waals surface area (Å²) in [5.74, 6) is 0.165. The number of anilines is 1. The Balaban J connectivity index is 1.61. The Bertz CT molecular complexity index is 1210. The first-order chi connectivity index (χ1) is 14.9. The van der Waals surface area contributed by atoms with E-state index in [-0.39, 0.29) is 10.7 Å². The highest BCUT2D eigenvalue weighted by Crippen LogP contribution is 2.28. The van der Waals surface area contributed by atoms with Gasteiger partial charge in [-0.05, 0) is 72.4 Å². The van der Waals surface area contributed by atoms with Crippen LogP contribution in [0.25, 0.3) is 6.08 Å². The van der Waals surface area contributed by atoms with Crippen LogP contribution in [-0.4, -0.2) is 16.9 Å². The Morgan fingerprint density at radius 1 is 0.871 bits per heavy atom. The molecule has 1 aliphatic heterocycles. The van der Waals surface area contributed by atoms with Crippen LogP contribution in [0.3, 0.4) is 0 Å². The summed E-state index contributed by atoms with van der Waals surface area (Å²) < 4.78 is 5.77. The van der Waals surface area contributed by atoms with Gasteiger partial charge in [-0.15, -0.1) is 0 Å². The second-order valence-electron chi connectivity index (χ2n) is 6.54. The summed E-state index contributed by atoms with van der Waals surface area (Å²) in [5, 5.41) is 3.25. The monoisotopic (exact) mass is 468 g/mol. The third-order valence-electron chi connectivity index (χ3n) is 4.43. The van der Waals surface area contributed by atoms with E-state index in [4.69, 9.17) is 40.2 Å². The number of hydrogen-bond acceptors (Lipinski definition) is 4. The average molecular weight is 469 g/mol. The molecule has 8 heteroatoms. The van der Waals surface area contributed by atoms with Crippen molar-refractivity contribution in [3.63, 3.8) is 0 Å². The fourth-order valence-electron chi connectivity index (χ4n) is 2.95. The molecule has 31 heavy (non-hydrogen) atoms. The molecule has 3 aromatic rings. The van der Waals surface area contributed by atoms with E-state index in [0.29, 0.717) is 32.8 Å². The first kappa shape index (κ1) is 21.1. The molecule has 1 N–H and O–H groups in total. The van der Waals surface area contributed by atoms with E-state index in [0.717, 1.165) is 0 Å². The fraction of sp³-hybridized carbons (Fsp3) is 0. The Labute approximate surface area is 193 Å². The summed E-state index contributed by atoms with van der Waals surface area (Å²) in [5.41, 5.74) is 0.985. The van der Waals surface area contributed by atoms with E-state index >= 15 is 0 Å². The van der Waals surface area contributed by atoms with Crippen molar-refractivity contribution in [2.24, 2.45) is 0 Å². The van der Waals surface area contributed by atoms with E-state index < -0.39 is 11.8 Å². The van der Waals surface area contributed by atoms with Crippen LogP contribution in [-0.2, 0) is 9.59 Å². The summed E-state index contributed by atoms with van der Waals surface area (Å²) in [7, 11) is 0. The molecule has 0 radical (unpaired) electrons. The predicted molar refractivity (Wildman–Crippen MR) is 126 cm³/mol. The van der Waals surface area contributed by atoms with Crippen LogP contribution in [0.15, 0.2) is 78.4 Å². The van der Waals surface area contributed by atoms with Crippen molar-refractivity contribution in [1.82, 2.24) is 5.32 Å². The quantitative estimate of drug-likeness (QED) is 0.306. The third-order valence-corrected chi connectivity index (χ3v) is 5.45. The number of nitrogens with zero attached hydrogens (tertiary/aromatic N) is 1. The van der Waals surface area contributed by atoms with Crippen molar-refractivity contribution in [3.05, 3.63) is 94.0 Å². The van der Waals surface area contributed by atoms with Crippen LogP contribution in [0.2, 0.25) is 10.0 Å². The minimum atomic E-state index is -0.582. The summed E-state index contributed by atoms with van der Waals surface area (Å²) in [6.45, 7) is 0. The summed E-state index contributed by atoms with van der Waals surface area (Å²) >= 11 is 17.2. The van der Waals surface area contributed by atoms with E-state index in [1.54, 1.807) is 42.5 Å². The second-order valence-corrected chi connectivity index (χ2v) is 7.74. The molecule has 0 atom stereocenters. The minimum absolute atomic E-state index is 0.00184. The molecule has 4 rings (SSSR count). The first-order valence-electron chi connectivity index (χ1n) is 9.12. The average Bonchev–Trinajstić information content (AvgIpc) is 2.75. The van der Waals surface area contributed by atoms with Crippen molar-refractivity contribution in [2.75, 3.05) is 4.90 Å². The van der Waals surface area contributed by atoms with Gasteiger partial charge in [-0.3, -0.25) is 19.8 Å². The molecule has 0 aliphatic carbocycles. The number of halogens is 2. The summed E-state index contributed by atoms with van der Waals surface area (Å²) in [6.07, 6.45) is 1.45. The van der Waals surface area contributed by atoms with Gasteiger partial charge in [-0.2, -0.15) is 0 Å². The number of thiocarbonyl (C=S) groups is 1. The number of carbonyl (C=O) groups is 2. The summed E-state index contributed by atoms with van der Waals surface area (Å²) in [6, 6.07) is 21.0. The highest BCUT2D eigenvalue weighted by atomic mass is 35.5. The smallest absolute Gasteiger partial charge is 0.270 e. The van der Waals surface area contributed by atoms with E-state index in [1.165, 1.54) is 11.0 Å². The minimum Gasteiger partial charge on any atom is -0.457 e. The molecule has 3 aromatic carbocycles. The topological polar surface area (TPSA) is 58.6 Å². The van der Waals surface area contributed by atoms with Gasteiger partial charge in [0, 0.05) is 0 Å². The molecule has 0 bridgehead atoms. The highest BCUT2D eigenvalue weighted by Gasteiger charge is 2.34. The molecular formula is C23H14Cl2N2O3S. The van der Waals surface area contributed by atoms with Crippen LogP contribution in [0.1, 0.15) is 5.56 Å². The molecule has 5 nitrogen and oxygen atoms in total. The molecule has 0 unspecified atom stereocenters. The van der Waals surface area contributed by atoms with Crippen LogP contribution in [0, 0.1) is 0 Å². The Kier molecular flexibility index (Phi) is 6.04. The number of carbonyl (C=O) groups excluding carboxylic acids is 2. The lowest BCUT2D eigenvalue weighted by Gasteiger charge is -2.29. The normalized spacial score (nSPS) is 15.2. The second kappa shape index (κ2) is 8.89. The number of amides is 2. The SMILES string of the molecule is O=C1NC(=S)N(c2ccc(Oc3ccccc3)cc2)C(=O)C1=Cc1ccc(Cl)c(Cl)c1. The number of para-hydroxylation sites is 1. The maximum absolute atomic E-state index is 13.1. The maximum Gasteiger partial charge on any atom is 0.270 e. The fourth-order valence-corrected chi connectivity index (χ4v) is 3.54. The molecule has 0 saturated carbocycles. The number of rotatable bonds is 4. The standard InChI is InChI=1S/C23H14Cl2N2O3S/c24-19-11-6-14(13-20(19)25)12-18-21(28)26-23(31)27(22(18)29)15-7-9-17(10-8-15)30-16-4-2-1-3-5-16/h1-13H,(H,26,28,31). The predicted octanol–water partition coefficient (Wildman–Crippen LogP) is 5.62. The van der Waals surface area contributed by atoms with Crippen molar-refractivity contribution < 1.29 is 14.3 Å². The molecule has 1 aliphatic rings. The summed E-state index contributed by atoms with van der Waals surface area (Å²) in [4.78, 5) is 26.8. The molecule has 1 heterocycles. The molecular weight excluding hydrogens is 455 g/mol. The number of hydrogen-bond donors (Lipinski definition) is 1. The Hall–Kier alpha value is -3.19. The van der Waals surface area contributed by atoms with E-state index in [1.807, 2.05) is 30.3 Å². The molecule has 2 amide bonds. The van der Waals surface area contributed by atoms with Gasteiger partial charge in [-0.1, -0.05) is 47.5 Å². The largest absolute Gasteiger partial charge is 0.457 e. The zero-order chi connectivity index (χ0) is 22.0. The van der Waals surface area contributed by atoms with Gasteiger partial charge in [0.15, 0.2) is 5.11 Å². The third kappa shape index (κ3) is 4.61. The first-order valence-corrected chi connectivity index (χ1v) is 10.3. The van der Waals surface area contributed by atoms with Gasteiger partial charge >= 0.3 is 0 Å². The number of benzene rings is 3.